The molecule has 0 saturated heterocycles. The Labute approximate surface area is 464 Å². The van der Waals surface area contributed by atoms with Gasteiger partial charge in [0.2, 0.25) is 5.91 Å². The lowest BCUT2D eigenvalue weighted by Crippen LogP contribution is -2.47. The van der Waals surface area contributed by atoms with Crippen molar-refractivity contribution >= 4 is 19.7 Å². The van der Waals surface area contributed by atoms with Crippen molar-refractivity contribution in [2.75, 3.05) is 40.9 Å². The van der Waals surface area contributed by atoms with Gasteiger partial charge in [0.05, 0.1) is 33.8 Å². The summed E-state index contributed by atoms with van der Waals surface area (Å²) in [5.41, 5.74) is 0. The van der Waals surface area contributed by atoms with Gasteiger partial charge in [0.15, 0.2) is 0 Å². The van der Waals surface area contributed by atoms with Crippen LogP contribution in [0.25, 0.3) is 0 Å². The van der Waals surface area contributed by atoms with Crippen LogP contribution in [-0.2, 0) is 27.9 Å². The van der Waals surface area contributed by atoms with Crippen molar-refractivity contribution in [1.82, 2.24) is 5.32 Å². The number of unbranched alkanes of at least 4 members (excludes halogenated alkanes) is 33. The summed E-state index contributed by atoms with van der Waals surface area (Å²) in [5.74, 6) is -0.509. The van der Waals surface area contributed by atoms with E-state index in [1.807, 2.05) is 33.3 Å². The number of carbonyl (C=O) groups excluding carboxylic acids is 2. The van der Waals surface area contributed by atoms with Crippen LogP contribution in [-0.4, -0.2) is 74.3 Å². The van der Waals surface area contributed by atoms with Crippen LogP contribution in [0.4, 0.5) is 0 Å². The van der Waals surface area contributed by atoms with Crippen LogP contribution < -0.4 is 5.32 Å². The summed E-state index contributed by atoms with van der Waals surface area (Å²) >= 11 is 0. The Morgan fingerprint density at radius 2 is 0.813 bits per heavy atom. The lowest BCUT2D eigenvalue weighted by atomic mass is 10.0. The highest BCUT2D eigenvalue weighted by atomic mass is 31.2. The zero-order valence-electron chi connectivity index (χ0n) is 50.0. The molecular formula is C65H122N2O7P+. The quantitative estimate of drug-likeness (QED) is 0.0205. The van der Waals surface area contributed by atoms with Crippen molar-refractivity contribution in [2.24, 2.45) is 0 Å². The number of allylic oxidation sites excluding steroid dienone is 9. The molecule has 3 unspecified atom stereocenters. The van der Waals surface area contributed by atoms with Crippen LogP contribution in [0.2, 0.25) is 0 Å². The van der Waals surface area contributed by atoms with Gasteiger partial charge >= 0.3 is 13.8 Å². The van der Waals surface area contributed by atoms with Gasteiger partial charge in [-0.05, 0) is 76.7 Å². The number of likely N-dealkylation sites (N-methyl/N-ethyl adjacent to an activating group) is 1. The van der Waals surface area contributed by atoms with Gasteiger partial charge in [-0.25, -0.2) is 4.57 Å². The van der Waals surface area contributed by atoms with Crippen molar-refractivity contribution in [2.45, 2.75) is 303 Å². The number of carbonyl (C=O) groups is 2. The van der Waals surface area contributed by atoms with Crippen LogP contribution in [0.3, 0.4) is 0 Å². The summed E-state index contributed by atoms with van der Waals surface area (Å²) in [6.07, 6.45) is 69.2. The van der Waals surface area contributed by atoms with Crippen molar-refractivity contribution in [3.05, 3.63) is 60.8 Å². The fraction of sp³-hybridized carbons (Fsp3) is 0.815. The van der Waals surface area contributed by atoms with Crippen molar-refractivity contribution in [1.29, 1.82) is 0 Å². The third-order valence-electron chi connectivity index (χ3n) is 14.0. The minimum Gasteiger partial charge on any atom is -0.456 e. The van der Waals surface area contributed by atoms with Gasteiger partial charge in [0, 0.05) is 12.8 Å². The molecule has 75 heavy (non-hydrogen) atoms. The predicted molar refractivity (Wildman–Crippen MR) is 323 cm³/mol. The number of ether oxygens (including phenoxy) is 1. The number of esters is 1. The first-order chi connectivity index (χ1) is 36.4. The number of nitrogens with zero attached hydrogens (tertiary/aromatic N) is 1. The Kier molecular flexibility index (Phi) is 53.4. The molecule has 10 heteroatoms. The lowest BCUT2D eigenvalue weighted by Gasteiger charge is -2.27. The maximum absolute atomic E-state index is 13.5. The summed E-state index contributed by atoms with van der Waals surface area (Å²) in [4.78, 5) is 37.7. The molecule has 438 valence electrons. The predicted octanol–water partition coefficient (Wildman–Crippen LogP) is 19.4. The van der Waals surface area contributed by atoms with Gasteiger partial charge < -0.3 is 19.4 Å². The lowest BCUT2D eigenvalue weighted by molar-refractivity contribution is -0.870. The second-order valence-corrected chi connectivity index (χ2v) is 24.0. The normalized spacial score (nSPS) is 14.1. The van der Waals surface area contributed by atoms with E-state index in [-0.39, 0.29) is 31.5 Å². The monoisotopic (exact) mass is 1070 g/mol. The van der Waals surface area contributed by atoms with Crippen LogP contribution in [0.5, 0.6) is 0 Å². The van der Waals surface area contributed by atoms with E-state index in [0.29, 0.717) is 17.4 Å². The SMILES string of the molecule is CCCCC/C=C\C/C=C\C/C=C\C/C=C\CCCCCCCCCC(=O)OC(/C=C/CCCCCCCCCCCCC)C(COP(=O)(O)OCC[N+](C)(C)C)NC(=O)CCCCCCCCCCCCCCC. The Balaban J connectivity index is 5.23. The first kappa shape index (κ1) is 72.7. The van der Waals surface area contributed by atoms with Crippen molar-refractivity contribution in [3.8, 4) is 0 Å². The zero-order chi connectivity index (χ0) is 55.0. The maximum Gasteiger partial charge on any atom is 0.472 e. The van der Waals surface area contributed by atoms with E-state index in [9.17, 15) is 19.0 Å². The molecule has 1 amide bonds. The molecule has 0 saturated carbocycles. The van der Waals surface area contributed by atoms with Crippen LogP contribution in [0, 0.1) is 0 Å². The highest BCUT2D eigenvalue weighted by molar-refractivity contribution is 7.47. The second kappa shape index (κ2) is 55.0. The molecule has 0 spiro atoms. The first-order valence-corrected chi connectivity index (χ1v) is 33.1. The van der Waals surface area contributed by atoms with Gasteiger partial charge in [-0.1, -0.05) is 262 Å². The summed E-state index contributed by atoms with van der Waals surface area (Å²) in [6, 6.07) is -0.851. The van der Waals surface area contributed by atoms with E-state index < -0.39 is 20.0 Å². The molecule has 0 bridgehead atoms. The molecule has 0 rings (SSSR count). The van der Waals surface area contributed by atoms with E-state index in [4.69, 9.17) is 13.8 Å². The maximum atomic E-state index is 13.5. The van der Waals surface area contributed by atoms with Crippen LogP contribution >= 0.6 is 7.82 Å². The Morgan fingerprint density at radius 1 is 0.467 bits per heavy atom. The van der Waals surface area contributed by atoms with Gasteiger partial charge in [-0.15, -0.1) is 0 Å². The summed E-state index contributed by atoms with van der Waals surface area (Å²) in [6.45, 7) is 7.00. The number of hydrogen-bond acceptors (Lipinski definition) is 6. The average Bonchev–Trinajstić information content (AvgIpc) is 3.37. The Bertz CT molecular complexity index is 1470. The second-order valence-electron chi connectivity index (χ2n) is 22.6. The number of phosphoric acid groups is 1. The van der Waals surface area contributed by atoms with Gasteiger partial charge in [0.1, 0.15) is 19.3 Å². The molecule has 0 aromatic carbocycles. The fourth-order valence-corrected chi connectivity index (χ4v) is 9.78. The van der Waals surface area contributed by atoms with E-state index >= 15 is 0 Å². The van der Waals surface area contributed by atoms with E-state index in [2.05, 4.69) is 74.7 Å². The fourth-order valence-electron chi connectivity index (χ4n) is 9.04. The van der Waals surface area contributed by atoms with Gasteiger partial charge in [-0.2, -0.15) is 0 Å². The minimum absolute atomic E-state index is 0.0384. The molecule has 0 aliphatic rings. The van der Waals surface area contributed by atoms with Crippen molar-refractivity contribution in [3.63, 3.8) is 0 Å². The highest BCUT2D eigenvalue weighted by Crippen LogP contribution is 2.43. The Morgan fingerprint density at radius 3 is 1.24 bits per heavy atom. The molecule has 0 aromatic rings. The number of phosphoric ester groups is 1. The summed E-state index contributed by atoms with van der Waals surface area (Å²) in [7, 11) is 1.49. The average molecular weight is 1070 g/mol. The van der Waals surface area contributed by atoms with E-state index in [1.165, 1.54) is 167 Å². The Hall–Kier alpha value is -2.29. The number of quaternary nitrogens is 1. The number of hydrogen-bond donors (Lipinski definition) is 2. The highest BCUT2D eigenvalue weighted by Gasteiger charge is 2.30. The van der Waals surface area contributed by atoms with E-state index in [1.54, 1.807) is 0 Å². The molecule has 2 N–H and O–H groups in total. The van der Waals surface area contributed by atoms with Gasteiger partial charge in [-0.3, -0.25) is 18.6 Å². The van der Waals surface area contributed by atoms with Crippen molar-refractivity contribution < 1.29 is 37.3 Å². The largest absolute Gasteiger partial charge is 0.472 e. The first-order valence-electron chi connectivity index (χ1n) is 31.6. The minimum atomic E-state index is -4.45. The van der Waals surface area contributed by atoms with Crippen LogP contribution in [0.15, 0.2) is 60.8 Å². The molecule has 0 fully saturated rings. The molecule has 3 atom stereocenters. The third kappa shape index (κ3) is 56.2. The van der Waals surface area contributed by atoms with Gasteiger partial charge in [0.25, 0.3) is 0 Å². The van der Waals surface area contributed by atoms with E-state index in [0.717, 1.165) is 89.9 Å². The molecule has 0 aromatic heterocycles. The molecule has 0 aliphatic heterocycles. The smallest absolute Gasteiger partial charge is 0.456 e. The number of rotatable bonds is 57. The molecule has 9 nitrogen and oxygen atoms in total. The summed E-state index contributed by atoms with van der Waals surface area (Å²) in [5, 5.41) is 3.06. The molecule has 0 aliphatic carbocycles. The third-order valence-corrected chi connectivity index (χ3v) is 14.9. The number of nitrogens with one attached hydrogen (secondary N) is 1. The topological polar surface area (TPSA) is 111 Å². The van der Waals surface area contributed by atoms with Crippen LogP contribution in [0.1, 0.15) is 290 Å². The number of amides is 1. The molecular weight excluding hydrogens is 952 g/mol. The molecule has 0 heterocycles. The zero-order valence-corrected chi connectivity index (χ0v) is 50.9. The summed E-state index contributed by atoms with van der Waals surface area (Å²) < 4.78 is 30.7. The standard InChI is InChI=1S/C65H121N2O7P/c1-7-10-13-16-19-22-25-28-29-30-31-32-33-34-35-36-37-40-43-46-49-52-55-58-65(69)74-63(56-53-50-47-44-41-38-26-23-20-17-14-11-8-2)62(61-73-75(70,71)72-60-59-67(4,5)6)66-64(68)57-54-51-48-45-42-39-27-24-21-18-15-12-9-3/h19,22,28-29,31-32,34-35,53,56,62-63H,7-18,20-21,23-27,30,33,36-52,54-55,57-61H2,1-6H3,(H-,66,68,70,71)/p+1/b22-19-,29-28-,32-31-,35-34-,56-53+. The molecule has 0 radical (unpaired) electrons.